The number of terminal acetylenes is 1. The second-order valence-electron chi connectivity index (χ2n) is 5.17. The van der Waals surface area contributed by atoms with Gasteiger partial charge >= 0.3 is 0 Å². The van der Waals surface area contributed by atoms with Crippen molar-refractivity contribution in [3.63, 3.8) is 0 Å². The van der Waals surface area contributed by atoms with Gasteiger partial charge in [0, 0.05) is 6.61 Å². The van der Waals surface area contributed by atoms with E-state index in [9.17, 15) is 15.3 Å². The Bertz CT molecular complexity index is 314. The summed E-state index contributed by atoms with van der Waals surface area (Å²) in [5, 5.41) is 29.1. The van der Waals surface area contributed by atoms with Crippen molar-refractivity contribution in [3.05, 3.63) is 12.2 Å². The van der Waals surface area contributed by atoms with E-state index in [1.54, 1.807) is 0 Å². The second kappa shape index (κ2) is 5.68. The number of hydrogen-bond donors (Lipinski definition) is 3. The van der Waals surface area contributed by atoms with Gasteiger partial charge in [0.1, 0.15) is 5.60 Å². The third-order valence-corrected chi connectivity index (χ3v) is 3.84. The van der Waals surface area contributed by atoms with E-state index in [0.717, 1.165) is 6.42 Å². The average Bonchev–Trinajstić information content (AvgIpc) is 2.29. The van der Waals surface area contributed by atoms with Crippen LogP contribution in [0.5, 0.6) is 0 Å². The van der Waals surface area contributed by atoms with E-state index in [2.05, 4.69) is 25.0 Å². The average molecular weight is 238 g/mol. The molecule has 0 amide bonds. The van der Waals surface area contributed by atoms with Gasteiger partial charge in [0.2, 0.25) is 0 Å². The summed E-state index contributed by atoms with van der Waals surface area (Å²) in [6.45, 7) is 3.59. The van der Waals surface area contributed by atoms with Crippen LogP contribution in [0.4, 0.5) is 0 Å². The van der Waals surface area contributed by atoms with Gasteiger partial charge in [-0.1, -0.05) is 25.0 Å². The quantitative estimate of drug-likeness (QED) is 0.504. The first-order valence-electron chi connectivity index (χ1n) is 6.08. The fraction of sp³-hybridized carbons (Fsp3) is 0.714. The molecule has 0 heterocycles. The van der Waals surface area contributed by atoms with Gasteiger partial charge in [-0.15, -0.1) is 6.42 Å². The monoisotopic (exact) mass is 238 g/mol. The molecule has 5 atom stereocenters. The van der Waals surface area contributed by atoms with Gasteiger partial charge in [0.05, 0.1) is 6.10 Å². The minimum atomic E-state index is -1.50. The Morgan fingerprint density at radius 1 is 1.59 bits per heavy atom. The summed E-state index contributed by atoms with van der Waals surface area (Å²) in [5.41, 5.74) is -1.50. The van der Waals surface area contributed by atoms with Crippen molar-refractivity contribution in [1.29, 1.82) is 0 Å². The summed E-state index contributed by atoms with van der Waals surface area (Å²) in [6.07, 6.45) is 9.61. The zero-order valence-electron chi connectivity index (χ0n) is 10.5. The molecule has 0 aliphatic heterocycles. The van der Waals surface area contributed by atoms with Crippen LogP contribution >= 0.6 is 0 Å². The molecule has 0 bridgehead atoms. The number of rotatable bonds is 4. The van der Waals surface area contributed by atoms with Crippen LogP contribution in [0.1, 0.15) is 26.7 Å². The Morgan fingerprint density at radius 2 is 2.24 bits per heavy atom. The third kappa shape index (κ3) is 3.32. The highest BCUT2D eigenvalue weighted by atomic mass is 16.3. The van der Waals surface area contributed by atoms with Gasteiger partial charge in [-0.05, 0) is 37.5 Å². The van der Waals surface area contributed by atoms with Crippen molar-refractivity contribution in [3.8, 4) is 12.3 Å². The van der Waals surface area contributed by atoms with Crippen LogP contribution in [-0.2, 0) is 0 Å². The standard InChI is InChI=1S/C14H22O3/c1-4-14(3,17)13(16)8-11-7-5-6-10(2)12(11)9-15/h1,5-6,10-13,15-17H,7-9H2,2-3H3/t10-,11-,12-,13+,14+/m1/s1. The summed E-state index contributed by atoms with van der Waals surface area (Å²) in [6, 6.07) is 0. The Balaban J connectivity index is 2.68. The first-order chi connectivity index (χ1) is 7.92. The van der Waals surface area contributed by atoms with Gasteiger partial charge in [0.15, 0.2) is 0 Å². The molecular formula is C14H22O3. The summed E-state index contributed by atoms with van der Waals surface area (Å²) in [7, 11) is 0. The normalized spacial score (nSPS) is 33.8. The van der Waals surface area contributed by atoms with Crippen molar-refractivity contribution in [2.75, 3.05) is 6.61 Å². The maximum absolute atomic E-state index is 9.93. The zero-order valence-corrected chi connectivity index (χ0v) is 10.5. The molecule has 1 rings (SSSR count). The van der Waals surface area contributed by atoms with Gasteiger partial charge in [-0.25, -0.2) is 0 Å². The van der Waals surface area contributed by atoms with Crippen LogP contribution in [0.3, 0.4) is 0 Å². The molecule has 3 nitrogen and oxygen atoms in total. The molecule has 0 aromatic rings. The lowest BCUT2D eigenvalue weighted by molar-refractivity contribution is -0.0400. The van der Waals surface area contributed by atoms with E-state index < -0.39 is 11.7 Å². The van der Waals surface area contributed by atoms with E-state index in [-0.39, 0.29) is 18.4 Å². The highest BCUT2D eigenvalue weighted by Crippen LogP contribution is 2.34. The fourth-order valence-corrected chi connectivity index (χ4v) is 2.41. The predicted molar refractivity (Wildman–Crippen MR) is 67.1 cm³/mol. The van der Waals surface area contributed by atoms with E-state index in [1.807, 2.05) is 0 Å². The summed E-state index contributed by atoms with van der Waals surface area (Å²) in [4.78, 5) is 0. The van der Waals surface area contributed by atoms with Crippen LogP contribution in [-0.4, -0.2) is 33.6 Å². The Kier molecular flexibility index (Phi) is 4.76. The van der Waals surface area contributed by atoms with Crippen LogP contribution in [0.2, 0.25) is 0 Å². The minimum absolute atomic E-state index is 0.0983. The fourth-order valence-electron chi connectivity index (χ4n) is 2.41. The summed E-state index contributed by atoms with van der Waals surface area (Å²) < 4.78 is 0. The molecule has 1 aliphatic carbocycles. The van der Waals surface area contributed by atoms with Crippen LogP contribution in [0, 0.1) is 30.1 Å². The zero-order chi connectivity index (χ0) is 13.1. The van der Waals surface area contributed by atoms with Crippen LogP contribution in [0.25, 0.3) is 0 Å². The predicted octanol–water partition coefficient (Wildman–Crippen LogP) is 0.942. The van der Waals surface area contributed by atoms with E-state index in [0.29, 0.717) is 12.3 Å². The molecular weight excluding hydrogens is 216 g/mol. The van der Waals surface area contributed by atoms with Gasteiger partial charge in [-0.3, -0.25) is 0 Å². The number of aliphatic hydroxyl groups excluding tert-OH is 2. The van der Waals surface area contributed by atoms with Crippen molar-refractivity contribution in [1.82, 2.24) is 0 Å². The van der Waals surface area contributed by atoms with Crippen molar-refractivity contribution < 1.29 is 15.3 Å². The maximum Gasteiger partial charge on any atom is 0.148 e. The van der Waals surface area contributed by atoms with Crippen molar-refractivity contribution in [2.24, 2.45) is 17.8 Å². The first kappa shape index (κ1) is 14.2. The van der Waals surface area contributed by atoms with E-state index in [1.165, 1.54) is 6.92 Å². The smallest absolute Gasteiger partial charge is 0.148 e. The van der Waals surface area contributed by atoms with Crippen LogP contribution < -0.4 is 0 Å². The largest absolute Gasteiger partial charge is 0.396 e. The Labute approximate surface area is 103 Å². The SMILES string of the molecule is C#C[C@](C)(O)[C@@H](O)C[C@H]1CC=C[C@@H](C)[C@H]1CO. The lowest BCUT2D eigenvalue weighted by Gasteiger charge is -2.35. The number of allylic oxidation sites excluding steroid dienone is 2. The molecule has 96 valence electrons. The molecule has 0 aromatic heterocycles. The molecule has 17 heavy (non-hydrogen) atoms. The lowest BCUT2D eigenvalue weighted by atomic mass is 9.73. The van der Waals surface area contributed by atoms with E-state index >= 15 is 0 Å². The molecule has 0 unspecified atom stereocenters. The maximum atomic E-state index is 9.93. The highest BCUT2D eigenvalue weighted by Gasteiger charge is 2.34. The highest BCUT2D eigenvalue weighted by molar-refractivity contribution is 5.09. The number of hydrogen-bond acceptors (Lipinski definition) is 3. The molecule has 3 heteroatoms. The molecule has 0 fully saturated rings. The molecule has 0 saturated carbocycles. The van der Waals surface area contributed by atoms with Crippen molar-refractivity contribution >= 4 is 0 Å². The third-order valence-electron chi connectivity index (χ3n) is 3.84. The first-order valence-corrected chi connectivity index (χ1v) is 6.08. The van der Waals surface area contributed by atoms with Crippen LogP contribution in [0.15, 0.2) is 12.2 Å². The van der Waals surface area contributed by atoms with Gasteiger partial charge in [0.25, 0.3) is 0 Å². The molecule has 0 spiro atoms. The van der Waals surface area contributed by atoms with Gasteiger partial charge in [-0.2, -0.15) is 0 Å². The lowest BCUT2D eigenvalue weighted by Crippen LogP contribution is -2.41. The molecule has 3 N–H and O–H groups in total. The molecule has 0 radical (unpaired) electrons. The van der Waals surface area contributed by atoms with Gasteiger partial charge < -0.3 is 15.3 Å². The molecule has 0 saturated heterocycles. The second-order valence-corrected chi connectivity index (χ2v) is 5.17. The van der Waals surface area contributed by atoms with Crippen molar-refractivity contribution in [2.45, 2.75) is 38.4 Å². The molecule has 0 aromatic carbocycles. The van der Waals surface area contributed by atoms with E-state index in [4.69, 9.17) is 6.42 Å². The Hall–Kier alpha value is -0.820. The molecule has 1 aliphatic rings. The summed E-state index contributed by atoms with van der Waals surface area (Å²) >= 11 is 0. The Morgan fingerprint density at radius 3 is 2.76 bits per heavy atom. The topological polar surface area (TPSA) is 60.7 Å². The minimum Gasteiger partial charge on any atom is -0.396 e. The summed E-state index contributed by atoms with van der Waals surface area (Å²) in [5.74, 6) is 2.78. The number of aliphatic hydroxyl groups is 3.